The van der Waals surface area contributed by atoms with Crippen molar-refractivity contribution >= 4 is 33.8 Å². The van der Waals surface area contributed by atoms with E-state index in [0.29, 0.717) is 25.1 Å². The van der Waals surface area contributed by atoms with Crippen LogP contribution in [-0.2, 0) is 11.2 Å². The predicted octanol–water partition coefficient (Wildman–Crippen LogP) is 3.58. The van der Waals surface area contributed by atoms with Crippen LogP contribution >= 0.6 is 0 Å². The molecule has 1 fully saturated rings. The molecule has 2 aromatic heterocycles. The lowest BCUT2D eigenvalue weighted by Gasteiger charge is -2.35. The highest BCUT2D eigenvalue weighted by atomic mass is 16.3. The Bertz CT molecular complexity index is 1170. The van der Waals surface area contributed by atoms with Gasteiger partial charge in [0.15, 0.2) is 11.4 Å². The van der Waals surface area contributed by atoms with Crippen molar-refractivity contribution in [1.82, 2.24) is 14.9 Å². The lowest BCUT2D eigenvalue weighted by molar-refractivity contribution is -0.130. The fourth-order valence-corrected chi connectivity index (χ4v) is 3.90. The Hall–Kier alpha value is -3.41. The number of carbonyl (C=O) groups is 1. The number of furan rings is 1. The molecule has 0 atom stereocenters. The van der Waals surface area contributed by atoms with Gasteiger partial charge in [0.05, 0.1) is 6.42 Å². The number of nitrogens with zero attached hydrogens (tertiary/aromatic N) is 4. The van der Waals surface area contributed by atoms with E-state index in [1.54, 1.807) is 6.33 Å². The van der Waals surface area contributed by atoms with E-state index in [9.17, 15) is 4.79 Å². The highest BCUT2D eigenvalue weighted by Gasteiger charge is 2.25. The number of aromatic nitrogens is 2. The standard InChI is InChI=1S/C23H22N4O2/c1-16-6-8-17(9-7-16)14-20(28)26-10-12-27(13-11-26)23-22-21(24-15-25-23)18-4-2-3-5-19(18)29-22/h2-9,15H,10-14H2,1H3. The maximum absolute atomic E-state index is 12.7. The molecule has 6 heteroatoms. The Balaban J connectivity index is 1.31. The van der Waals surface area contributed by atoms with E-state index in [2.05, 4.69) is 21.8 Å². The topological polar surface area (TPSA) is 62.5 Å². The second-order valence-corrected chi connectivity index (χ2v) is 7.50. The van der Waals surface area contributed by atoms with E-state index in [4.69, 9.17) is 4.42 Å². The van der Waals surface area contributed by atoms with Crippen molar-refractivity contribution < 1.29 is 9.21 Å². The fourth-order valence-electron chi connectivity index (χ4n) is 3.90. The van der Waals surface area contributed by atoms with Crippen LogP contribution in [-0.4, -0.2) is 47.0 Å². The van der Waals surface area contributed by atoms with Crippen LogP contribution in [0.3, 0.4) is 0 Å². The minimum atomic E-state index is 0.171. The highest BCUT2D eigenvalue weighted by molar-refractivity contribution is 6.05. The first-order chi connectivity index (χ1) is 14.2. The van der Waals surface area contributed by atoms with E-state index >= 15 is 0 Å². The number of benzene rings is 2. The first-order valence-electron chi connectivity index (χ1n) is 9.89. The summed E-state index contributed by atoms with van der Waals surface area (Å²) in [6.45, 7) is 4.86. The van der Waals surface area contributed by atoms with Gasteiger partial charge in [0.25, 0.3) is 0 Å². The maximum Gasteiger partial charge on any atom is 0.227 e. The number of hydrogen-bond acceptors (Lipinski definition) is 5. The van der Waals surface area contributed by atoms with Gasteiger partial charge in [-0.1, -0.05) is 42.0 Å². The molecule has 1 aliphatic rings. The van der Waals surface area contributed by atoms with Gasteiger partial charge in [0.2, 0.25) is 5.91 Å². The third-order valence-electron chi connectivity index (χ3n) is 5.55. The first kappa shape index (κ1) is 17.7. The number of para-hydroxylation sites is 1. The van der Waals surface area contributed by atoms with Crippen LogP contribution in [0.2, 0.25) is 0 Å². The van der Waals surface area contributed by atoms with Crippen LogP contribution in [0.15, 0.2) is 59.3 Å². The van der Waals surface area contributed by atoms with Gasteiger partial charge in [0, 0.05) is 31.6 Å². The SMILES string of the molecule is Cc1ccc(CC(=O)N2CCN(c3ncnc4c3oc3ccccc34)CC2)cc1. The Morgan fingerprint density at radius 1 is 1.00 bits per heavy atom. The molecule has 146 valence electrons. The summed E-state index contributed by atoms with van der Waals surface area (Å²) in [5, 5.41) is 0.998. The molecule has 4 aromatic rings. The van der Waals surface area contributed by atoms with E-state index in [1.807, 2.05) is 53.4 Å². The van der Waals surface area contributed by atoms with Crippen molar-refractivity contribution in [3.8, 4) is 0 Å². The molecule has 1 aliphatic heterocycles. The second kappa shape index (κ2) is 7.20. The van der Waals surface area contributed by atoms with Crippen molar-refractivity contribution in [2.24, 2.45) is 0 Å². The highest BCUT2D eigenvalue weighted by Crippen LogP contribution is 2.32. The fraction of sp³-hybridized carbons (Fsp3) is 0.261. The zero-order valence-corrected chi connectivity index (χ0v) is 16.3. The number of amides is 1. The monoisotopic (exact) mass is 386 g/mol. The zero-order valence-electron chi connectivity index (χ0n) is 16.3. The van der Waals surface area contributed by atoms with E-state index in [1.165, 1.54) is 5.56 Å². The van der Waals surface area contributed by atoms with Gasteiger partial charge < -0.3 is 14.2 Å². The summed E-state index contributed by atoms with van der Waals surface area (Å²) in [6.07, 6.45) is 2.04. The van der Waals surface area contributed by atoms with Gasteiger partial charge in [-0.05, 0) is 24.6 Å². The second-order valence-electron chi connectivity index (χ2n) is 7.50. The molecule has 3 heterocycles. The molecule has 0 bridgehead atoms. The number of hydrogen-bond donors (Lipinski definition) is 0. The van der Waals surface area contributed by atoms with Crippen molar-refractivity contribution in [2.75, 3.05) is 31.1 Å². The summed E-state index contributed by atoms with van der Waals surface area (Å²) in [5.41, 5.74) is 4.63. The smallest absolute Gasteiger partial charge is 0.227 e. The zero-order chi connectivity index (χ0) is 19.8. The van der Waals surface area contributed by atoms with Crippen LogP contribution in [0.5, 0.6) is 0 Å². The predicted molar refractivity (Wildman–Crippen MR) is 113 cm³/mol. The number of rotatable bonds is 3. The number of piperazine rings is 1. The summed E-state index contributed by atoms with van der Waals surface area (Å²) >= 11 is 0. The summed E-state index contributed by atoms with van der Waals surface area (Å²) in [6, 6.07) is 16.1. The summed E-state index contributed by atoms with van der Waals surface area (Å²) < 4.78 is 6.05. The van der Waals surface area contributed by atoms with Gasteiger partial charge in [-0.25, -0.2) is 9.97 Å². The molecule has 0 N–H and O–H groups in total. The van der Waals surface area contributed by atoms with Crippen LogP contribution in [0.1, 0.15) is 11.1 Å². The summed E-state index contributed by atoms with van der Waals surface area (Å²) in [7, 11) is 0. The quantitative estimate of drug-likeness (QED) is 0.539. The lowest BCUT2D eigenvalue weighted by atomic mass is 10.1. The van der Waals surface area contributed by atoms with Gasteiger partial charge in [-0.2, -0.15) is 0 Å². The Morgan fingerprint density at radius 3 is 2.55 bits per heavy atom. The molecule has 1 amide bonds. The molecular weight excluding hydrogens is 364 g/mol. The minimum absolute atomic E-state index is 0.171. The lowest BCUT2D eigenvalue weighted by Crippen LogP contribution is -2.49. The van der Waals surface area contributed by atoms with Crippen molar-refractivity contribution in [1.29, 1.82) is 0 Å². The number of fused-ring (bicyclic) bond motifs is 3. The van der Waals surface area contributed by atoms with Crippen molar-refractivity contribution in [2.45, 2.75) is 13.3 Å². The minimum Gasteiger partial charge on any atom is -0.450 e. The van der Waals surface area contributed by atoms with Crippen LogP contribution in [0, 0.1) is 6.92 Å². The molecule has 2 aromatic carbocycles. The normalized spacial score (nSPS) is 14.7. The first-order valence-corrected chi connectivity index (χ1v) is 9.89. The molecule has 0 unspecified atom stereocenters. The molecule has 29 heavy (non-hydrogen) atoms. The van der Waals surface area contributed by atoms with E-state index < -0.39 is 0 Å². The van der Waals surface area contributed by atoms with Crippen LogP contribution in [0.4, 0.5) is 5.82 Å². The molecule has 0 radical (unpaired) electrons. The molecule has 0 saturated carbocycles. The van der Waals surface area contributed by atoms with Gasteiger partial charge >= 0.3 is 0 Å². The van der Waals surface area contributed by atoms with Gasteiger partial charge in [-0.15, -0.1) is 0 Å². The number of carbonyl (C=O) groups excluding carboxylic acids is 1. The Labute approximate surface area is 168 Å². The molecule has 0 aliphatic carbocycles. The van der Waals surface area contributed by atoms with Gasteiger partial charge in [0.1, 0.15) is 17.4 Å². The van der Waals surface area contributed by atoms with Crippen LogP contribution in [0.25, 0.3) is 22.1 Å². The third-order valence-corrected chi connectivity index (χ3v) is 5.55. The average Bonchev–Trinajstić information content (AvgIpc) is 3.14. The van der Waals surface area contributed by atoms with Gasteiger partial charge in [-0.3, -0.25) is 4.79 Å². The average molecular weight is 386 g/mol. The third kappa shape index (κ3) is 3.31. The Kier molecular flexibility index (Phi) is 4.39. The number of aryl methyl sites for hydroxylation is 1. The molecule has 1 saturated heterocycles. The summed E-state index contributed by atoms with van der Waals surface area (Å²) in [5.74, 6) is 0.974. The summed E-state index contributed by atoms with van der Waals surface area (Å²) in [4.78, 5) is 25.7. The number of anilines is 1. The molecule has 5 rings (SSSR count). The largest absolute Gasteiger partial charge is 0.450 e. The van der Waals surface area contributed by atoms with Crippen molar-refractivity contribution in [3.63, 3.8) is 0 Å². The van der Waals surface area contributed by atoms with E-state index in [-0.39, 0.29) is 5.91 Å². The Morgan fingerprint density at radius 2 is 1.76 bits per heavy atom. The van der Waals surface area contributed by atoms with Crippen molar-refractivity contribution in [3.05, 3.63) is 66.0 Å². The maximum atomic E-state index is 12.7. The molecular formula is C23H22N4O2. The van der Waals surface area contributed by atoms with Crippen LogP contribution < -0.4 is 4.90 Å². The molecule has 6 nitrogen and oxygen atoms in total. The van der Waals surface area contributed by atoms with E-state index in [0.717, 1.165) is 41.0 Å². The molecule has 0 spiro atoms.